The number of hydrogen-bond donors (Lipinski definition) is 2. The van der Waals surface area contributed by atoms with E-state index in [2.05, 4.69) is 15.4 Å². The Morgan fingerprint density at radius 1 is 1.56 bits per heavy atom. The van der Waals surface area contributed by atoms with Gasteiger partial charge in [-0.1, -0.05) is 26.1 Å². The molecule has 1 aromatic heterocycles. The van der Waals surface area contributed by atoms with Gasteiger partial charge in [-0.05, 0) is 19.8 Å². The molecule has 0 saturated carbocycles. The maximum Gasteiger partial charge on any atom is 0.244 e. The van der Waals surface area contributed by atoms with Crippen molar-refractivity contribution in [1.29, 1.82) is 0 Å². The van der Waals surface area contributed by atoms with Gasteiger partial charge in [-0.15, -0.1) is 5.10 Å². The van der Waals surface area contributed by atoms with Gasteiger partial charge in [0, 0.05) is 6.04 Å². The van der Waals surface area contributed by atoms with Crippen LogP contribution in [-0.4, -0.2) is 31.7 Å². The second-order valence-corrected chi connectivity index (χ2v) is 4.55. The van der Waals surface area contributed by atoms with Crippen LogP contribution in [0.2, 0.25) is 0 Å². The molecule has 1 amide bonds. The molecule has 100 valence electrons. The molecule has 0 aliphatic heterocycles. The highest BCUT2D eigenvalue weighted by molar-refractivity contribution is 7.80. The molecule has 0 aliphatic carbocycles. The molecule has 0 bridgehead atoms. The molecule has 6 nitrogen and oxygen atoms in total. The zero-order chi connectivity index (χ0) is 13.7. The van der Waals surface area contributed by atoms with Gasteiger partial charge in [0.1, 0.15) is 17.4 Å². The highest BCUT2D eigenvalue weighted by Crippen LogP contribution is 2.06. The highest BCUT2D eigenvalue weighted by atomic mass is 32.1. The van der Waals surface area contributed by atoms with Crippen molar-refractivity contribution in [3.63, 3.8) is 0 Å². The first-order chi connectivity index (χ1) is 8.49. The lowest BCUT2D eigenvalue weighted by atomic mass is 10.1. The Bertz CT molecular complexity index is 427. The predicted molar refractivity (Wildman–Crippen MR) is 73.1 cm³/mol. The fourth-order valence-electron chi connectivity index (χ4n) is 1.51. The van der Waals surface area contributed by atoms with Gasteiger partial charge in [-0.3, -0.25) is 4.79 Å². The molecule has 0 fully saturated rings. The van der Waals surface area contributed by atoms with Gasteiger partial charge in [-0.25, -0.2) is 9.67 Å². The SMILES string of the molecule is CCC(CC)NC(=O)C(C)n1cnc(C(N)=S)n1. The number of nitrogens with two attached hydrogens (primary N) is 1. The summed E-state index contributed by atoms with van der Waals surface area (Å²) in [5, 5.41) is 7.03. The average Bonchev–Trinajstić information content (AvgIpc) is 2.84. The monoisotopic (exact) mass is 269 g/mol. The second-order valence-electron chi connectivity index (χ2n) is 4.11. The van der Waals surface area contributed by atoms with Crippen LogP contribution >= 0.6 is 12.2 Å². The molecule has 7 heteroatoms. The molecule has 1 unspecified atom stereocenters. The van der Waals surface area contributed by atoms with Gasteiger partial charge >= 0.3 is 0 Å². The van der Waals surface area contributed by atoms with Crippen molar-refractivity contribution in [3.8, 4) is 0 Å². The van der Waals surface area contributed by atoms with E-state index in [0.717, 1.165) is 12.8 Å². The smallest absolute Gasteiger partial charge is 0.244 e. The van der Waals surface area contributed by atoms with Crippen LogP contribution in [0.4, 0.5) is 0 Å². The van der Waals surface area contributed by atoms with Crippen molar-refractivity contribution >= 4 is 23.1 Å². The van der Waals surface area contributed by atoms with Gasteiger partial charge in [0.25, 0.3) is 0 Å². The van der Waals surface area contributed by atoms with Crippen molar-refractivity contribution in [2.45, 2.75) is 45.7 Å². The minimum atomic E-state index is -0.429. The number of carbonyl (C=O) groups is 1. The van der Waals surface area contributed by atoms with E-state index >= 15 is 0 Å². The fraction of sp³-hybridized carbons (Fsp3) is 0.636. The summed E-state index contributed by atoms with van der Waals surface area (Å²) in [4.78, 5) is 16.1. The summed E-state index contributed by atoms with van der Waals surface area (Å²) < 4.78 is 1.46. The topological polar surface area (TPSA) is 85.8 Å². The Labute approximate surface area is 112 Å². The Hall–Kier alpha value is -1.50. The van der Waals surface area contributed by atoms with E-state index in [1.807, 2.05) is 13.8 Å². The molecule has 0 aromatic carbocycles. The molecule has 0 spiro atoms. The van der Waals surface area contributed by atoms with Crippen molar-refractivity contribution in [3.05, 3.63) is 12.2 Å². The molecule has 18 heavy (non-hydrogen) atoms. The van der Waals surface area contributed by atoms with Crippen molar-refractivity contribution in [2.75, 3.05) is 0 Å². The van der Waals surface area contributed by atoms with E-state index in [0.29, 0.717) is 0 Å². The van der Waals surface area contributed by atoms with Crippen LogP contribution in [0.1, 0.15) is 45.5 Å². The Kier molecular flexibility index (Phi) is 5.21. The van der Waals surface area contributed by atoms with Crippen LogP contribution in [0.3, 0.4) is 0 Å². The minimum absolute atomic E-state index is 0.0805. The summed E-state index contributed by atoms with van der Waals surface area (Å²) in [6.45, 7) is 5.84. The molecule has 1 heterocycles. The lowest BCUT2D eigenvalue weighted by Crippen LogP contribution is -2.38. The molecular weight excluding hydrogens is 250 g/mol. The zero-order valence-corrected chi connectivity index (χ0v) is 11.7. The summed E-state index contributed by atoms with van der Waals surface area (Å²) in [6.07, 6.45) is 3.28. The standard InChI is InChI=1S/C11H19N5OS/c1-4-8(5-2)14-11(17)7(3)16-6-13-10(15-16)9(12)18/h6-8H,4-5H2,1-3H3,(H2,12,18)(H,14,17). The number of hydrogen-bond acceptors (Lipinski definition) is 4. The van der Waals surface area contributed by atoms with Crippen molar-refractivity contribution in [1.82, 2.24) is 20.1 Å². The lowest BCUT2D eigenvalue weighted by molar-refractivity contribution is -0.124. The third-order valence-corrected chi connectivity index (χ3v) is 3.02. The van der Waals surface area contributed by atoms with Gasteiger partial charge in [0.2, 0.25) is 11.7 Å². The maximum absolute atomic E-state index is 12.0. The Morgan fingerprint density at radius 2 is 2.17 bits per heavy atom. The van der Waals surface area contributed by atoms with Crippen LogP contribution in [0.25, 0.3) is 0 Å². The zero-order valence-electron chi connectivity index (χ0n) is 10.9. The molecule has 0 aliphatic rings. The van der Waals surface area contributed by atoms with Gasteiger partial charge < -0.3 is 11.1 Å². The summed E-state index contributed by atoms with van der Waals surface area (Å²) in [5.41, 5.74) is 5.42. The van der Waals surface area contributed by atoms with Crippen LogP contribution in [0.15, 0.2) is 6.33 Å². The van der Waals surface area contributed by atoms with Crippen LogP contribution in [0, 0.1) is 0 Å². The van der Waals surface area contributed by atoms with E-state index in [4.69, 9.17) is 18.0 Å². The maximum atomic E-state index is 12.0. The highest BCUT2D eigenvalue weighted by Gasteiger charge is 2.19. The number of thiocarbonyl (C=S) groups is 1. The largest absolute Gasteiger partial charge is 0.387 e. The van der Waals surface area contributed by atoms with E-state index in [1.165, 1.54) is 11.0 Å². The predicted octanol–water partition coefficient (Wildman–Crippen LogP) is 0.778. The molecule has 3 N–H and O–H groups in total. The third-order valence-electron chi connectivity index (χ3n) is 2.84. The quantitative estimate of drug-likeness (QED) is 0.745. The van der Waals surface area contributed by atoms with E-state index < -0.39 is 6.04 Å². The number of aromatic nitrogens is 3. The molecule has 1 atom stereocenters. The number of nitrogens with one attached hydrogen (secondary N) is 1. The van der Waals surface area contributed by atoms with Crippen LogP contribution in [0.5, 0.6) is 0 Å². The van der Waals surface area contributed by atoms with E-state index in [9.17, 15) is 4.79 Å². The molecule has 0 radical (unpaired) electrons. The molecular formula is C11H19N5OS. The normalized spacial score (nSPS) is 12.4. The second kappa shape index (κ2) is 6.44. The van der Waals surface area contributed by atoms with Crippen LogP contribution in [-0.2, 0) is 4.79 Å². The first-order valence-corrected chi connectivity index (χ1v) is 6.41. The van der Waals surface area contributed by atoms with E-state index in [1.54, 1.807) is 6.92 Å². The minimum Gasteiger partial charge on any atom is -0.387 e. The number of nitrogens with zero attached hydrogens (tertiary/aromatic N) is 3. The number of rotatable bonds is 6. The summed E-state index contributed by atoms with van der Waals surface area (Å²) in [6, 6.07) is -0.236. The number of amides is 1. The summed E-state index contributed by atoms with van der Waals surface area (Å²) in [5.74, 6) is 0.204. The molecule has 0 saturated heterocycles. The Balaban J connectivity index is 2.70. The van der Waals surface area contributed by atoms with Crippen molar-refractivity contribution in [2.24, 2.45) is 5.73 Å². The van der Waals surface area contributed by atoms with Gasteiger partial charge in [-0.2, -0.15) is 0 Å². The summed E-state index contributed by atoms with van der Waals surface area (Å²) >= 11 is 4.77. The molecule has 1 rings (SSSR count). The lowest BCUT2D eigenvalue weighted by Gasteiger charge is -2.18. The van der Waals surface area contributed by atoms with Gasteiger partial charge in [0.05, 0.1) is 0 Å². The average molecular weight is 269 g/mol. The third kappa shape index (κ3) is 3.49. The van der Waals surface area contributed by atoms with E-state index in [-0.39, 0.29) is 22.8 Å². The van der Waals surface area contributed by atoms with Crippen molar-refractivity contribution < 1.29 is 4.79 Å². The first kappa shape index (κ1) is 14.6. The first-order valence-electron chi connectivity index (χ1n) is 6.00. The Morgan fingerprint density at radius 3 is 2.61 bits per heavy atom. The van der Waals surface area contributed by atoms with Crippen LogP contribution < -0.4 is 11.1 Å². The molecule has 1 aromatic rings. The fourth-order valence-corrected chi connectivity index (χ4v) is 1.60. The summed E-state index contributed by atoms with van der Waals surface area (Å²) in [7, 11) is 0. The number of carbonyl (C=O) groups excluding carboxylic acids is 1. The van der Waals surface area contributed by atoms with Gasteiger partial charge in [0.15, 0.2) is 0 Å².